The molecule has 0 aliphatic heterocycles. The van der Waals surface area contributed by atoms with Crippen molar-refractivity contribution in [3.63, 3.8) is 0 Å². The van der Waals surface area contributed by atoms with Crippen LogP contribution in [0.15, 0.2) is 110 Å². The molecular weight excluding hydrogens is 380 g/mol. The third-order valence-corrected chi connectivity index (χ3v) is 5.83. The predicted octanol–water partition coefficient (Wildman–Crippen LogP) is 5.96. The molecule has 31 heavy (non-hydrogen) atoms. The summed E-state index contributed by atoms with van der Waals surface area (Å²) in [5, 5.41) is 2.40. The first-order valence-corrected chi connectivity index (χ1v) is 10.4. The molecule has 4 nitrogen and oxygen atoms in total. The van der Waals surface area contributed by atoms with Gasteiger partial charge in [-0.15, -0.1) is 0 Å². The molecule has 6 aromatic rings. The topological polar surface area (TPSA) is 35.6 Å². The van der Waals surface area contributed by atoms with E-state index < -0.39 is 0 Å². The van der Waals surface area contributed by atoms with Gasteiger partial charge < -0.3 is 9.13 Å². The van der Waals surface area contributed by atoms with Crippen molar-refractivity contribution in [2.75, 3.05) is 0 Å². The van der Waals surface area contributed by atoms with Crippen LogP contribution < -0.4 is 0 Å². The average molecular weight is 400 g/mol. The smallest absolute Gasteiger partial charge is 0.0712 e. The van der Waals surface area contributed by atoms with Gasteiger partial charge in [-0.05, 0) is 66.1 Å². The summed E-state index contributed by atoms with van der Waals surface area (Å²) in [6.45, 7) is 0. The van der Waals surface area contributed by atoms with E-state index in [-0.39, 0.29) is 0 Å². The minimum absolute atomic E-state index is 0.905. The van der Waals surface area contributed by atoms with Gasteiger partial charge in [0.05, 0.1) is 23.4 Å². The molecule has 0 aliphatic carbocycles. The Morgan fingerprint density at radius 1 is 0.516 bits per heavy atom. The van der Waals surface area contributed by atoms with E-state index in [9.17, 15) is 0 Å². The molecule has 0 atom stereocenters. The van der Waals surface area contributed by atoms with Crippen LogP contribution in [0.2, 0.25) is 0 Å². The molecule has 4 aromatic heterocycles. The summed E-state index contributed by atoms with van der Waals surface area (Å²) in [5.41, 5.74) is 7.13. The molecule has 2 aromatic carbocycles. The van der Waals surface area contributed by atoms with Crippen molar-refractivity contribution in [2.24, 2.45) is 0 Å². The lowest BCUT2D eigenvalue weighted by Gasteiger charge is -2.09. The van der Waals surface area contributed by atoms with Gasteiger partial charge in [0.1, 0.15) is 0 Å². The highest BCUT2D eigenvalue weighted by molar-refractivity contribution is 5.81. The Balaban J connectivity index is 1.23. The molecule has 0 radical (unpaired) electrons. The van der Waals surface area contributed by atoms with Gasteiger partial charge in [-0.1, -0.05) is 24.3 Å². The fourth-order valence-corrected chi connectivity index (χ4v) is 4.18. The third-order valence-electron chi connectivity index (χ3n) is 5.83. The van der Waals surface area contributed by atoms with Crippen molar-refractivity contribution in [1.29, 1.82) is 0 Å². The fourth-order valence-electron chi connectivity index (χ4n) is 4.18. The quantitative estimate of drug-likeness (QED) is 0.366. The summed E-state index contributed by atoms with van der Waals surface area (Å²) < 4.78 is 4.36. The monoisotopic (exact) mass is 400 g/mol. The van der Waals surface area contributed by atoms with E-state index in [1.807, 2.05) is 36.9 Å². The zero-order chi connectivity index (χ0) is 20.6. The van der Waals surface area contributed by atoms with Crippen LogP contribution in [0.1, 0.15) is 11.1 Å². The molecular formula is C27H20N4. The van der Waals surface area contributed by atoms with E-state index in [1.54, 1.807) is 0 Å². The van der Waals surface area contributed by atoms with Crippen LogP contribution in [-0.2, 0) is 6.42 Å². The van der Waals surface area contributed by atoms with Gasteiger partial charge in [0, 0.05) is 46.9 Å². The van der Waals surface area contributed by atoms with Crippen molar-refractivity contribution in [3.05, 3.63) is 121 Å². The maximum Gasteiger partial charge on any atom is 0.0712 e. The maximum atomic E-state index is 4.26. The minimum atomic E-state index is 0.905. The summed E-state index contributed by atoms with van der Waals surface area (Å²) in [7, 11) is 0. The summed E-state index contributed by atoms with van der Waals surface area (Å²) in [6.07, 6.45) is 12.6. The summed E-state index contributed by atoms with van der Waals surface area (Å²) >= 11 is 0. The number of benzene rings is 2. The number of hydrogen-bond acceptors (Lipinski definition) is 2. The molecule has 0 saturated carbocycles. The van der Waals surface area contributed by atoms with Crippen LogP contribution in [0.4, 0.5) is 0 Å². The Hall–Kier alpha value is -4.18. The molecule has 148 valence electrons. The Bertz CT molecular complexity index is 1370. The Morgan fingerprint density at radius 2 is 0.968 bits per heavy atom. The summed E-state index contributed by atoms with van der Waals surface area (Å²) in [6, 6.07) is 25.8. The number of pyridine rings is 2. The van der Waals surface area contributed by atoms with Gasteiger partial charge in [-0.3, -0.25) is 9.97 Å². The van der Waals surface area contributed by atoms with E-state index in [2.05, 4.69) is 92.2 Å². The fraction of sp³-hybridized carbons (Fsp3) is 0.0370. The largest absolute Gasteiger partial charge is 0.315 e. The van der Waals surface area contributed by atoms with E-state index in [1.165, 1.54) is 21.9 Å². The molecule has 4 heteroatoms. The first-order chi connectivity index (χ1) is 15.3. The second-order valence-corrected chi connectivity index (χ2v) is 7.75. The Morgan fingerprint density at radius 3 is 1.42 bits per heavy atom. The van der Waals surface area contributed by atoms with E-state index >= 15 is 0 Å². The minimum Gasteiger partial charge on any atom is -0.315 e. The molecule has 0 N–H and O–H groups in total. The zero-order valence-corrected chi connectivity index (χ0v) is 16.9. The third kappa shape index (κ3) is 3.19. The zero-order valence-electron chi connectivity index (χ0n) is 16.9. The number of aromatic nitrogens is 4. The molecule has 0 bridgehead atoms. The molecule has 4 heterocycles. The van der Waals surface area contributed by atoms with Crippen LogP contribution in [0.25, 0.3) is 33.2 Å². The molecule has 0 spiro atoms. The normalized spacial score (nSPS) is 11.4. The number of hydrogen-bond donors (Lipinski definition) is 0. The SMILES string of the molecule is c1cc2ccn(-c3ccc(Cc4ccc(-n5ccc6ccncc65)cc4)cc3)c2cn1. The van der Waals surface area contributed by atoms with Crippen LogP contribution in [0, 0.1) is 0 Å². The van der Waals surface area contributed by atoms with Gasteiger partial charge in [0.15, 0.2) is 0 Å². The number of fused-ring (bicyclic) bond motifs is 2. The van der Waals surface area contributed by atoms with Gasteiger partial charge >= 0.3 is 0 Å². The highest BCUT2D eigenvalue weighted by Crippen LogP contribution is 2.22. The van der Waals surface area contributed by atoms with Crippen LogP contribution in [-0.4, -0.2) is 19.1 Å². The second-order valence-electron chi connectivity index (χ2n) is 7.75. The average Bonchev–Trinajstić information content (AvgIpc) is 3.45. The standard InChI is InChI=1S/C27H20N4/c1-5-24(30-15-11-22-9-13-28-18-26(22)30)6-2-20(1)17-21-3-7-25(8-4-21)31-16-12-23-10-14-29-19-27(23)31/h1-16,18-19H,17H2. The first kappa shape index (κ1) is 17.7. The van der Waals surface area contributed by atoms with Crippen LogP contribution in [0.5, 0.6) is 0 Å². The lowest BCUT2D eigenvalue weighted by atomic mass is 10.0. The maximum absolute atomic E-state index is 4.26. The molecule has 0 saturated heterocycles. The highest BCUT2D eigenvalue weighted by atomic mass is 15.0. The predicted molar refractivity (Wildman–Crippen MR) is 125 cm³/mol. The lowest BCUT2D eigenvalue weighted by molar-refractivity contribution is 1.10. The van der Waals surface area contributed by atoms with Gasteiger partial charge in [-0.2, -0.15) is 0 Å². The van der Waals surface area contributed by atoms with Crippen molar-refractivity contribution < 1.29 is 0 Å². The number of nitrogens with zero attached hydrogens (tertiary/aromatic N) is 4. The van der Waals surface area contributed by atoms with Crippen LogP contribution >= 0.6 is 0 Å². The summed E-state index contributed by atoms with van der Waals surface area (Å²) in [4.78, 5) is 8.52. The van der Waals surface area contributed by atoms with Crippen molar-refractivity contribution in [1.82, 2.24) is 19.1 Å². The second kappa shape index (κ2) is 7.26. The van der Waals surface area contributed by atoms with Crippen molar-refractivity contribution in [3.8, 4) is 11.4 Å². The van der Waals surface area contributed by atoms with Crippen LogP contribution in [0.3, 0.4) is 0 Å². The first-order valence-electron chi connectivity index (χ1n) is 10.4. The van der Waals surface area contributed by atoms with E-state index in [0.29, 0.717) is 0 Å². The molecule has 0 unspecified atom stereocenters. The highest BCUT2D eigenvalue weighted by Gasteiger charge is 2.05. The van der Waals surface area contributed by atoms with E-state index in [4.69, 9.17) is 0 Å². The van der Waals surface area contributed by atoms with E-state index in [0.717, 1.165) is 28.8 Å². The lowest BCUT2D eigenvalue weighted by Crippen LogP contribution is -1.95. The van der Waals surface area contributed by atoms with Gasteiger partial charge in [0.2, 0.25) is 0 Å². The molecule has 0 aliphatic rings. The number of rotatable bonds is 4. The van der Waals surface area contributed by atoms with Crippen molar-refractivity contribution in [2.45, 2.75) is 6.42 Å². The molecule has 0 amide bonds. The molecule has 6 rings (SSSR count). The Kier molecular flexibility index (Phi) is 4.13. The molecule has 0 fully saturated rings. The van der Waals surface area contributed by atoms with Crippen molar-refractivity contribution >= 4 is 21.8 Å². The van der Waals surface area contributed by atoms with Gasteiger partial charge in [-0.25, -0.2) is 0 Å². The summed E-state index contributed by atoms with van der Waals surface area (Å²) in [5.74, 6) is 0. The Labute approximate surface area is 180 Å². The van der Waals surface area contributed by atoms with Gasteiger partial charge in [0.25, 0.3) is 0 Å².